The van der Waals surface area contributed by atoms with Crippen LogP contribution < -0.4 is 20.3 Å². The number of piperidine rings is 1. The zero-order valence-corrected chi connectivity index (χ0v) is 23.9. The van der Waals surface area contributed by atoms with Gasteiger partial charge < -0.3 is 19.7 Å². The second kappa shape index (κ2) is 10.9. The quantitative estimate of drug-likeness (QED) is 0.500. The van der Waals surface area contributed by atoms with E-state index in [1.54, 1.807) is 37.1 Å². The lowest BCUT2D eigenvalue weighted by atomic mass is 9.81. The van der Waals surface area contributed by atoms with E-state index < -0.39 is 35.8 Å². The maximum atomic E-state index is 13.7. The summed E-state index contributed by atoms with van der Waals surface area (Å²) in [6, 6.07) is 7.77. The highest BCUT2D eigenvalue weighted by Crippen LogP contribution is 2.46. The molecule has 0 spiro atoms. The molecule has 3 heterocycles. The minimum absolute atomic E-state index is 0.0475. The van der Waals surface area contributed by atoms with Gasteiger partial charge in [-0.05, 0) is 81.7 Å². The molecule has 0 aromatic heterocycles. The zero-order chi connectivity index (χ0) is 29.7. The van der Waals surface area contributed by atoms with E-state index in [2.05, 4.69) is 10.6 Å². The average molecular weight is 575 g/mol. The number of hydrogen-bond acceptors (Lipinski definition) is 8. The van der Waals surface area contributed by atoms with E-state index in [-0.39, 0.29) is 41.9 Å². The molecular weight excluding hydrogens is 540 g/mol. The lowest BCUT2D eigenvalue weighted by molar-refractivity contribution is -0.136. The van der Waals surface area contributed by atoms with Crippen molar-refractivity contribution in [2.24, 2.45) is 0 Å². The predicted molar refractivity (Wildman–Crippen MR) is 153 cm³/mol. The molecule has 42 heavy (non-hydrogen) atoms. The van der Waals surface area contributed by atoms with Crippen LogP contribution in [0.3, 0.4) is 0 Å². The van der Waals surface area contributed by atoms with Gasteiger partial charge in [0.1, 0.15) is 11.8 Å². The Bertz CT molecular complexity index is 1500. The van der Waals surface area contributed by atoms with Crippen LogP contribution in [0, 0.1) is 0 Å². The van der Waals surface area contributed by atoms with E-state index in [1.807, 2.05) is 19.1 Å². The highest BCUT2D eigenvalue weighted by Gasteiger charge is 2.46. The zero-order valence-electron chi connectivity index (χ0n) is 23.9. The molecule has 6 rings (SSSR count). The second-order valence-electron chi connectivity index (χ2n) is 11.3. The topological polar surface area (TPSA) is 134 Å². The van der Waals surface area contributed by atoms with E-state index in [9.17, 15) is 24.0 Å². The van der Waals surface area contributed by atoms with Crippen LogP contribution in [0.5, 0.6) is 5.75 Å². The number of carbonyl (C=O) groups excluding carboxylic acids is 5. The molecular formula is C31H34N4O7. The number of nitrogens with zero attached hydrogens (tertiary/aromatic N) is 2. The van der Waals surface area contributed by atoms with Crippen molar-refractivity contribution in [3.8, 4) is 5.75 Å². The van der Waals surface area contributed by atoms with Crippen LogP contribution in [0.4, 0.5) is 17.1 Å². The van der Waals surface area contributed by atoms with Crippen LogP contribution >= 0.6 is 0 Å². The van der Waals surface area contributed by atoms with Crippen molar-refractivity contribution in [2.75, 3.05) is 23.9 Å². The van der Waals surface area contributed by atoms with Gasteiger partial charge in [0.15, 0.2) is 6.10 Å². The molecule has 1 saturated carbocycles. The summed E-state index contributed by atoms with van der Waals surface area (Å²) in [7, 11) is 1.71. The van der Waals surface area contributed by atoms with E-state index >= 15 is 0 Å². The summed E-state index contributed by atoms with van der Waals surface area (Å²) in [5.74, 6) is -1.60. The van der Waals surface area contributed by atoms with Crippen molar-refractivity contribution in [1.29, 1.82) is 0 Å². The van der Waals surface area contributed by atoms with Gasteiger partial charge in [-0.15, -0.1) is 0 Å². The average Bonchev–Trinajstić information content (AvgIpc) is 3.23. The van der Waals surface area contributed by atoms with Gasteiger partial charge in [-0.25, -0.2) is 0 Å². The van der Waals surface area contributed by atoms with Gasteiger partial charge in [0.05, 0.1) is 28.6 Å². The molecule has 2 fully saturated rings. The number of likely N-dealkylation sites (N-methyl/N-ethyl adjacent to an activating group) is 1. The van der Waals surface area contributed by atoms with Crippen molar-refractivity contribution in [3.63, 3.8) is 0 Å². The van der Waals surface area contributed by atoms with E-state index in [4.69, 9.17) is 9.47 Å². The Morgan fingerprint density at radius 3 is 2.48 bits per heavy atom. The number of amides is 5. The number of rotatable bonds is 6. The Balaban J connectivity index is 1.37. The number of imide groups is 2. The fraction of sp³-hybridized carbons (Fsp3) is 0.452. The molecule has 1 saturated heterocycles. The Hall–Kier alpha value is -4.25. The Labute approximate surface area is 243 Å². The summed E-state index contributed by atoms with van der Waals surface area (Å²) in [4.78, 5) is 66.6. The van der Waals surface area contributed by atoms with Gasteiger partial charge in [0, 0.05) is 25.8 Å². The molecule has 0 unspecified atom stereocenters. The molecule has 11 heteroatoms. The molecule has 1 aliphatic carbocycles. The number of ether oxygens (including phenoxy) is 2. The first-order valence-corrected chi connectivity index (χ1v) is 14.5. The summed E-state index contributed by atoms with van der Waals surface area (Å²) in [6.45, 7) is 4.40. The number of anilines is 3. The molecule has 4 aliphatic rings. The maximum absolute atomic E-state index is 13.7. The standard InChI is InChI=1S/C31H34N4O7/c1-4-41-18-10-8-17(9-11-18)20-14-25-24(34(3)29(38)16(2)42-25)15-22(20)32-21-7-5-6-19-27(21)31(40)35(30(19)39)23-12-13-26(36)33-28(23)37/h5-7,14-18,23,32H,4,8-13H2,1-3H3,(H,33,36,37)/t16-,17?,18?,23-/m0/s1. The summed E-state index contributed by atoms with van der Waals surface area (Å²) in [5.41, 5.74) is 3.09. The van der Waals surface area contributed by atoms with Crippen LogP contribution in [0.25, 0.3) is 0 Å². The Morgan fingerprint density at radius 1 is 1.00 bits per heavy atom. The van der Waals surface area contributed by atoms with Gasteiger partial charge in [-0.3, -0.25) is 34.2 Å². The van der Waals surface area contributed by atoms with Gasteiger partial charge in [0.2, 0.25) is 11.8 Å². The maximum Gasteiger partial charge on any atom is 0.267 e. The largest absolute Gasteiger partial charge is 0.479 e. The van der Waals surface area contributed by atoms with E-state index in [0.29, 0.717) is 29.4 Å². The first-order valence-electron chi connectivity index (χ1n) is 14.5. The highest BCUT2D eigenvalue weighted by molar-refractivity contribution is 6.25. The monoisotopic (exact) mass is 574 g/mol. The summed E-state index contributed by atoms with van der Waals surface area (Å²) in [5, 5.41) is 5.65. The first-order chi connectivity index (χ1) is 20.2. The number of hydrogen-bond donors (Lipinski definition) is 2. The minimum Gasteiger partial charge on any atom is -0.479 e. The molecule has 0 radical (unpaired) electrons. The number of nitrogens with one attached hydrogen (secondary N) is 2. The normalized spacial score (nSPS) is 25.6. The summed E-state index contributed by atoms with van der Waals surface area (Å²) >= 11 is 0. The second-order valence-corrected chi connectivity index (χ2v) is 11.3. The van der Waals surface area contributed by atoms with Gasteiger partial charge in [-0.2, -0.15) is 0 Å². The Kier molecular flexibility index (Phi) is 7.22. The minimum atomic E-state index is -1.05. The Morgan fingerprint density at radius 2 is 1.76 bits per heavy atom. The molecule has 5 amide bonds. The van der Waals surface area contributed by atoms with E-state index in [0.717, 1.165) is 36.1 Å². The molecule has 2 aromatic rings. The fourth-order valence-corrected chi connectivity index (χ4v) is 6.56. The van der Waals surface area contributed by atoms with Crippen molar-refractivity contribution < 1.29 is 33.4 Å². The molecule has 3 aliphatic heterocycles. The third-order valence-corrected chi connectivity index (χ3v) is 8.73. The van der Waals surface area contributed by atoms with Crippen molar-refractivity contribution in [3.05, 3.63) is 47.0 Å². The van der Waals surface area contributed by atoms with Crippen molar-refractivity contribution in [1.82, 2.24) is 10.2 Å². The van der Waals surface area contributed by atoms with Crippen molar-refractivity contribution >= 4 is 46.6 Å². The van der Waals surface area contributed by atoms with Crippen LogP contribution in [0.1, 0.15) is 84.6 Å². The SMILES string of the molecule is CCOC1CCC(c2cc3c(cc2Nc2cccc4c2C(=O)N([C@H]2CCC(=O)NC2=O)C4=O)N(C)C(=O)[C@H](C)O3)CC1. The van der Waals surface area contributed by atoms with Gasteiger partial charge in [-0.1, -0.05) is 6.07 Å². The van der Waals surface area contributed by atoms with Crippen LogP contribution in [0.2, 0.25) is 0 Å². The molecule has 2 N–H and O–H groups in total. The smallest absolute Gasteiger partial charge is 0.267 e. The van der Waals surface area contributed by atoms with Crippen LogP contribution in [-0.2, 0) is 19.1 Å². The fourth-order valence-electron chi connectivity index (χ4n) is 6.56. The van der Waals surface area contributed by atoms with Crippen molar-refractivity contribution in [2.45, 2.75) is 76.5 Å². The number of benzene rings is 2. The number of carbonyl (C=O) groups is 5. The molecule has 2 atom stereocenters. The lowest BCUT2D eigenvalue weighted by Crippen LogP contribution is -2.54. The summed E-state index contributed by atoms with van der Waals surface area (Å²) < 4.78 is 11.9. The first kappa shape index (κ1) is 27.9. The molecule has 11 nitrogen and oxygen atoms in total. The summed E-state index contributed by atoms with van der Waals surface area (Å²) in [6.07, 6.45) is 3.37. The van der Waals surface area contributed by atoms with Gasteiger partial charge in [0.25, 0.3) is 17.7 Å². The third-order valence-electron chi connectivity index (χ3n) is 8.73. The predicted octanol–water partition coefficient (Wildman–Crippen LogP) is 3.64. The van der Waals surface area contributed by atoms with Crippen LogP contribution in [-0.4, -0.2) is 66.3 Å². The molecule has 220 valence electrons. The third kappa shape index (κ3) is 4.71. The highest BCUT2D eigenvalue weighted by atomic mass is 16.5. The van der Waals surface area contributed by atoms with Crippen LogP contribution in [0.15, 0.2) is 30.3 Å². The molecule has 0 bridgehead atoms. The van der Waals surface area contributed by atoms with E-state index in [1.165, 1.54) is 0 Å². The van der Waals surface area contributed by atoms with Gasteiger partial charge >= 0.3 is 0 Å². The lowest BCUT2D eigenvalue weighted by Gasteiger charge is -2.34. The molecule has 2 aromatic carbocycles. The number of fused-ring (bicyclic) bond motifs is 2.